The third kappa shape index (κ3) is 1.26. The third-order valence-corrected chi connectivity index (χ3v) is 2.32. The molecule has 4 heteroatoms. The summed E-state index contributed by atoms with van der Waals surface area (Å²) in [5, 5.41) is 10.6. The maximum absolute atomic E-state index is 9.59. The van der Waals surface area contributed by atoms with E-state index in [1.54, 1.807) is 19.2 Å². The van der Waals surface area contributed by atoms with Crippen LogP contribution in [0.25, 0.3) is 10.9 Å². The fourth-order valence-electron chi connectivity index (χ4n) is 1.35. The van der Waals surface area contributed by atoms with E-state index in [-0.39, 0.29) is 5.75 Å². The van der Waals surface area contributed by atoms with E-state index in [0.29, 0.717) is 21.7 Å². The highest BCUT2D eigenvalue weighted by atomic mass is 35.5. The van der Waals surface area contributed by atoms with Crippen molar-refractivity contribution in [3.63, 3.8) is 0 Å². The van der Waals surface area contributed by atoms with Crippen LogP contribution in [0.3, 0.4) is 0 Å². The fraction of sp³-hybridized carbons (Fsp3) is 0.100. The second kappa shape index (κ2) is 3.35. The van der Waals surface area contributed by atoms with Gasteiger partial charge in [-0.3, -0.25) is 4.98 Å². The highest BCUT2D eigenvalue weighted by Gasteiger charge is 2.09. The minimum Gasteiger partial charge on any atom is -0.507 e. The minimum atomic E-state index is 0.110. The van der Waals surface area contributed by atoms with Gasteiger partial charge in [0.05, 0.1) is 17.5 Å². The van der Waals surface area contributed by atoms with E-state index in [0.717, 1.165) is 0 Å². The van der Waals surface area contributed by atoms with Crippen LogP contribution < -0.4 is 4.74 Å². The topological polar surface area (TPSA) is 42.4 Å². The minimum absolute atomic E-state index is 0.110. The zero-order valence-electron chi connectivity index (χ0n) is 7.49. The van der Waals surface area contributed by atoms with Gasteiger partial charge in [-0.25, -0.2) is 0 Å². The summed E-state index contributed by atoms with van der Waals surface area (Å²) in [5.41, 5.74) is 0.569. The first kappa shape index (κ1) is 9.09. The number of hydrogen-bond acceptors (Lipinski definition) is 3. The van der Waals surface area contributed by atoms with Crippen LogP contribution in [0.4, 0.5) is 0 Å². The van der Waals surface area contributed by atoms with E-state index in [9.17, 15) is 5.11 Å². The highest BCUT2D eigenvalue weighted by Crippen LogP contribution is 2.34. The van der Waals surface area contributed by atoms with Crippen molar-refractivity contribution in [1.82, 2.24) is 4.98 Å². The molecular weight excluding hydrogens is 202 g/mol. The number of methoxy groups -OCH3 is 1. The number of benzene rings is 1. The van der Waals surface area contributed by atoms with E-state index in [1.165, 1.54) is 12.3 Å². The number of pyridine rings is 1. The molecule has 0 atom stereocenters. The molecule has 1 aromatic heterocycles. The summed E-state index contributed by atoms with van der Waals surface area (Å²) in [4.78, 5) is 4.10. The summed E-state index contributed by atoms with van der Waals surface area (Å²) < 4.78 is 5.11. The Labute approximate surface area is 85.9 Å². The first-order chi connectivity index (χ1) is 6.74. The number of aromatic hydroxyl groups is 1. The van der Waals surface area contributed by atoms with Crippen LogP contribution >= 0.6 is 11.6 Å². The van der Waals surface area contributed by atoms with Crippen LogP contribution in [0.15, 0.2) is 24.4 Å². The Morgan fingerprint density at radius 3 is 2.86 bits per heavy atom. The lowest BCUT2D eigenvalue weighted by Crippen LogP contribution is -1.88. The van der Waals surface area contributed by atoms with E-state index in [1.807, 2.05) is 0 Å². The maximum atomic E-state index is 9.59. The van der Waals surface area contributed by atoms with Gasteiger partial charge in [-0.05, 0) is 18.2 Å². The standard InChI is InChI=1S/C10H8ClNO2/c1-14-8-3-2-6(11)9-7(13)4-5-12-10(8)9/h2-5H,1H3,(H,12,13). The van der Waals surface area contributed by atoms with Crippen molar-refractivity contribution in [3.05, 3.63) is 29.4 Å². The Morgan fingerprint density at radius 1 is 1.36 bits per heavy atom. The van der Waals surface area contributed by atoms with Gasteiger partial charge in [-0.1, -0.05) is 11.6 Å². The van der Waals surface area contributed by atoms with Gasteiger partial charge in [0.2, 0.25) is 0 Å². The van der Waals surface area contributed by atoms with Gasteiger partial charge in [0.25, 0.3) is 0 Å². The molecule has 0 spiro atoms. The fourth-order valence-corrected chi connectivity index (χ4v) is 1.60. The average Bonchev–Trinajstić information content (AvgIpc) is 2.18. The lowest BCUT2D eigenvalue weighted by Gasteiger charge is -2.06. The molecule has 1 heterocycles. The molecule has 2 rings (SSSR count). The van der Waals surface area contributed by atoms with Gasteiger partial charge in [0.15, 0.2) is 0 Å². The van der Waals surface area contributed by atoms with Crippen LogP contribution in [0, 0.1) is 0 Å². The molecule has 0 saturated heterocycles. The highest BCUT2D eigenvalue weighted by molar-refractivity contribution is 6.36. The Balaban J connectivity index is 2.91. The molecule has 0 unspecified atom stereocenters. The van der Waals surface area contributed by atoms with Crippen molar-refractivity contribution in [2.45, 2.75) is 0 Å². The normalized spacial score (nSPS) is 10.4. The summed E-state index contributed by atoms with van der Waals surface area (Å²) >= 11 is 5.94. The molecule has 0 radical (unpaired) electrons. The molecule has 0 aliphatic rings. The molecule has 1 aromatic carbocycles. The Kier molecular flexibility index (Phi) is 2.17. The summed E-state index contributed by atoms with van der Waals surface area (Å²) in [5.74, 6) is 0.708. The zero-order valence-corrected chi connectivity index (χ0v) is 8.25. The number of ether oxygens (including phenoxy) is 1. The van der Waals surface area contributed by atoms with E-state index < -0.39 is 0 Å². The molecule has 0 fully saturated rings. The number of nitrogens with zero attached hydrogens (tertiary/aromatic N) is 1. The molecule has 72 valence electrons. The van der Waals surface area contributed by atoms with Crippen LogP contribution in [0.5, 0.6) is 11.5 Å². The lowest BCUT2D eigenvalue weighted by atomic mass is 10.2. The van der Waals surface area contributed by atoms with Crippen LogP contribution in [-0.4, -0.2) is 17.2 Å². The van der Waals surface area contributed by atoms with Gasteiger partial charge in [0, 0.05) is 6.20 Å². The van der Waals surface area contributed by atoms with Crippen LogP contribution in [0.2, 0.25) is 5.02 Å². The summed E-state index contributed by atoms with van der Waals surface area (Å²) in [6, 6.07) is 4.88. The van der Waals surface area contributed by atoms with Gasteiger partial charge < -0.3 is 9.84 Å². The van der Waals surface area contributed by atoms with E-state index in [2.05, 4.69) is 4.98 Å². The largest absolute Gasteiger partial charge is 0.507 e. The van der Waals surface area contributed by atoms with Crippen molar-refractivity contribution in [2.75, 3.05) is 7.11 Å². The SMILES string of the molecule is COc1ccc(Cl)c2c(O)ccnc12. The molecule has 14 heavy (non-hydrogen) atoms. The number of aromatic nitrogens is 1. The van der Waals surface area contributed by atoms with Crippen molar-refractivity contribution >= 4 is 22.5 Å². The van der Waals surface area contributed by atoms with Crippen LogP contribution in [0.1, 0.15) is 0 Å². The molecule has 0 bridgehead atoms. The summed E-state index contributed by atoms with van der Waals surface area (Å²) in [6.45, 7) is 0. The second-order valence-corrected chi connectivity index (χ2v) is 3.21. The Hall–Kier alpha value is -1.48. The Morgan fingerprint density at radius 2 is 2.14 bits per heavy atom. The van der Waals surface area contributed by atoms with Crippen LogP contribution in [-0.2, 0) is 0 Å². The predicted molar refractivity (Wildman–Crippen MR) is 55.0 cm³/mol. The van der Waals surface area contributed by atoms with Gasteiger partial charge in [0.1, 0.15) is 17.0 Å². The van der Waals surface area contributed by atoms with Crippen molar-refractivity contribution in [2.24, 2.45) is 0 Å². The Bertz CT molecular complexity index is 477. The van der Waals surface area contributed by atoms with Gasteiger partial charge >= 0.3 is 0 Å². The first-order valence-electron chi connectivity index (χ1n) is 4.04. The average molecular weight is 210 g/mol. The van der Waals surface area contributed by atoms with E-state index in [4.69, 9.17) is 16.3 Å². The summed E-state index contributed by atoms with van der Waals surface area (Å²) in [7, 11) is 1.55. The smallest absolute Gasteiger partial charge is 0.145 e. The molecule has 0 saturated carbocycles. The molecule has 0 amide bonds. The van der Waals surface area contributed by atoms with E-state index >= 15 is 0 Å². The summed E-state index contributed by atoms with van der Waals surface area (Å²) in [6.07, 6.45) is 1.51. The molecule has 0 aliphatic carbocycles. The quantitative estimate of drug-likeness (QED) is 0.785. The zero-order chi connectivity index (χ0) is 10.1. The monoisotopic (exact) mass is 209 g/mol. The number of halogens is 1. The molecule has 2 aromatic rings. The number of hydrogen-bond donors (Lipinski definition) is 1. The molecule has 1 N–H and O–H groups in total. The van der Waals surface area contributed by atoms with Crippen molar-refractivity contribution < 1.29 is 9.84 Å². The second-order valence-electron chi connectivity index (χ2n) is 2.80. The third-order valence-electron chi connectivity index (χ3n) is 2.00. The van der Waals surface area contributed by atoms with Crippen molar-refractivity contribution in [3.8, 4) is 11.5 Å². The van der Waals surface area contributed by atoms with Crippen molar-refractivity contribution in [1.29, 1.82) is 0 Å². The lowest BCUT2D eigenvalue weighted by molar-refractivity contribution is 0.418. The molecule has 3 nitrogen and oxygen atoms in total. The maximum Gasteiger partial charge on any atom is 0.145 e. The predicted octanol–water partition coefficient (Wildman–Crippen LogP) is 2.60. The first-order valence-corrected chi connectivity index (χ1v) is 4.42. The van der Waals surface area contributed by atoms with Gasteiger partial charge in [-0.15, -0.1) is 0 Å². The number of fused-ring (bicyclic) bond motifs is 1. The number of rotatable bonds is 1. The molecular formula is C10H8ClNO2. The molecule has 0 aliphatic heterocycles. The van der Waals surface area contributed by atoms with Gasteiger partial charge in [-0.2, -0.15) is 0 Å².